The highest BCUT2D eigenvalue weighted by molar-refractivity contribution is 6.74. The van der Waals surface area contributed by atoms with Crippen molar-refractivity contribution < 1.29 is 23.5 Å². The first kappa shape index (κ1) is 33.4. The zero-order chi connectivity index (χ0) is 33.3. The van der Waals surface area contributed by atoms with Gasteiger partial charge in [-0.2, -0.15) is 0 Å². The molecular formula is C38H49N3O5Si. The molecule has 2 amide bonds. The third-order valence-electron chi connectivity index (χ3n) is 10.6. The van der Waals surface area contributed by atoms with Crippen LogP contribution >= 0.6 is 0 Å². The standard InChI is InChI=1S/C38H49N3O5Si/c1-38(2,3)47(5,6)44-24-26-15-18-28(19-16-26)39-34(42)14-10-11-25-17-20-31(30(21-25)27-12-8-7-9-13-27)40-37(43)45-29-22-32-35-36(46-35)33(23-29)41(32)4/h7-9,12-13,15-21,29,32-33,35-36H,10-11,14,22-24H2,1-6H3,(H,39,42)(H,40,43)/t29-,32-,33+,35-,36+. The van der Waals surface area contributed by atoms with Gasteiger partial charge >= 0.3 is 6.09 Å². The molecule has 2 N–H and O–H groups in total. The molecule has 0 aliphatic carbocycles. The highest BCUT2D eigenvalue weighted by Gasteiger charge is 2.62. The van der Waals surface area contributed by atoms with Gasteiger partial charge in [-0.25, -0.2) is 4.79 Å². The van der Waals surface area contributed by atoms with Crippen LogP contribution in [0.15, 0.2) is 72.8 Å². The fraction of sp³-hybridized carbons (Fsp3) is 0.474. The van der Waals surface area contributed by atoms with E-state index in [1.54, 1.807) is 0 Å². The predicted molar refractivity (Wildman–Crippen MR) is 189 cm³/mol. The maximum atomic E-state index is 13.1. The summed E-state index contributed by atoms with van der Waals surface area (Å²) in [5.41, 5.74) is 5.65. The van der Waals surface area contributed by atoms with Gasteiger partial charge in [0, 0.05) is 42.6 Å². The number of carbonyl (C=O) groups excluding carboxylic acids is 2. The monoisotopic (exact) mass is 655 g/mol. The quantitative estimate of drug-likeness (QED) is 0.161. The maximum absolute atomic E-state index is 13.1. The fourth-order valence-electron chi connectivity index (χ4n) is 6.64. The maximum Gasteiger partial charge on any atom is 0.411 e. The summed E-state index contributed by atoms with van der Waals surface area (Å²) in [6, 6.07) is 24.7. The van der Waals surface area contributed by atoms with E-state index in [0.717, 1.165) is 47.2 Å². The topological polar surface area (TPSA) is 92.4 Å². The number of benzene rings is 3. The van der Waals surface area contributed by atoms with Crippen molar-refractivity contribution in [2.24, 2.45) is 0 Å². The van der Waals surface area contributed by atoms with Crippen molar-refractivity contribution in [2.75, 3.05) is 17.7 Å². The minimum Gasteiger partial charge on any atom is -0.446 e. The molecule has 8 nitrogen and oxygen atoms in total. The lowest BCUT2D eigenvalue weighted by molar-refractivity contribution is -0.116. The molecule has 3 fully saturated rings. The number of likely N-dealkylation sites (N-methyl/N-ethyl adjacent to an activating group) is 1. The number of nitrogens with one attached hydrogen (secondary N) is 2. The summed E-state index contributed by atoms with van der Waals surface area (Å²) in [6.45, 7) is 11.8. The highest BCUT2D eigenvalue weighted by atomic mass is 28.4. The third-order valence-corrected chi connectivity index (χ3v) is 15.0. The van der Waals surface area contributed by atoms with Gasteiger partial charge in [0.15, 0.2) is 8.32 Å². The average molecular weight is 656 g/mol. The summed E-state index contributed by atoms with van der Waals surface area (Å²) in [4.78, 5) is 28.2. The van der Waals surface area contributed by atoms with Crippen molar-refractivity contribution in [2.45, 2.75) is 108 Å². The van der Waals surface area contributed by atoms with Crippen LogP contribution in [-0.4, -0.2) is 62.7 Å². The molecule has 3 aliphatic heterocycles. The minimum atomic E-state index is -1.82. The van der Waals surface area contributed by atoms with Gasteiger partial charge in [0.2, 0.25) is 5.91 Å². The molecule has 3 aromatic carbocycles. The van der Waals surface area contributed by atoms with Gasteiger partial charge in [-0.15, -0.1) is 0 Å². The molecule has 3 saturated heterocycles. The molecule has 5 atom stereocenters. The molecule has 0 unspecified atom stereocenters. The van der Waals surface area contributed by atoms with Crippen molar-refractivity contribution in [1.29, 1.82) is 0 Å². The van der Waals surface area contributed by atoms with Gasteiger partial charge in [0.25, 0.3) is 0 Å². The van der Waals surface area contributed by atoms with Crippen molar-refractivity contribution >= 4 is 31.7 Å². The summed E-state index contributed by atoms with van der Waals surface area (Å²) in [5, 5.41) is 6.21. The van der Waals surface area contributed by atoms with E-state index in [-0.39, 0.29) is 17.0 Å². The second-order valence-electron chi connectivity index (χ2n) is 14.9. The summed E-state index contributed by atoms with van der Waals surface area (Å²) in [7, 11) is 0.329. The molecule has 3 aromatic rings. The van der Waals surface area contributed by atoms with E-state index >= 15 is 0 Å². The molecular weight excluding hydrogens is 607 g/mol. The number of ether oxygens (including phenoxy) is 2. The summed E-state index contributed by atoms with van der Waals surface area (Å²) < 4.78 is 18.0. The molecule has 0 radical (unpaired) electrons. The zero-order valence-corrected chi connectivity index (χ0v) is 29.5. The first-order chi connectivity index (χ1) is 22.4. The van der Waals surface area contributed by atoms with Crippen LogP contribution in [0.1, 0.15) is 57.6 Å². The summed E-state index contributed by atoms with van der Waals surface area (Å²) >= 11 is 0. The molecule has 0 aromatic heterocycles. The number of rotatable bonds is 11. The lowest BCUT2D eigenvalue weighted by atomic mass is 9.98. The smallest absolute Gasteiger partial charge is 0.411 e. The van der Waals surface area contributed by atoms with E-state index in [1.165, 1.54) is 0 Å². The van der Waals surface area contributed by atoms with Gasteiger partial charge in [-0.1, -0.05) is 69.3 Å². The van der Waals surface area contributed by atoms with Crippen molar-refractivity contribution in [3.8, 4) is 11.1 Å². The molecule has 3 heterocycles. The Morgan fingerprint density at radius 3 is 2.23 bits per heavy atom. The number of hydrogen-bond acceptors (Lipinski definition) is 6. The first-order valence-corrected chi connectivity index (χ1v) is 19.8. The van der Waals surface area contributed by atoms with Crippen molar-refractivity contribution in [3.63, 3.8) is 0 Å². The van der Waals surface area contributed by atoms with Crippen LogP contribution in [0.2, 0.25) is 18.1 Å². The Hall–Kier alpha value is -3.50. The van der Waals surface area contributed by atoms with Crippen LogP contribution < -0.4 is 10.6 Å². The number of anilines is 2. The van der Waals surface area contributed by atoms with Gasteiger partial charge in [0.05, 0.1) is 12.3 Å². The van der Waals surface area contributed by atoms with Crippen LogP contribution in [0.4, 0.5) is 16.2 Å². The Morgan fingerprint density at radius 2 is 1.57 bits per heavy atom. The molecule has 3 aliphatic rings. The lowest BCUT2D eigenvalue weighted by Crippen LogP contribution is -2.48. The fourth-order valence-corrected chi connectivity index (χ4v) is 7.60. The number of piperidine rings is 1. The van der Waals surface area contributed by atoms with Crippen LogP contribution in [-0.2, 0) is 31.7 Å². The SMILES string of the molecule is CN1[C@@H]2C[C@@H](OC(=O)Nc3ccc(CCCC(=O)Nc4ccc(CO[Si](C)(C)C(C)(C)C)cc4)cc3-c3ccccc3)C[C@H]1[C@@H]1O[C@@H]12. The molecule has 2 bridgehead atoms. The highest BCUT2D eigenvalue weighted by Crippen LogP contribution is 2.48. The Morgan fingerprint density at radius 1 is 0.915 bits per heavy atom. The molecule has 9 heteroatoms. The number of hydrogen-bond donors (Lipinski definition) is 2. The number of carbonyl (C=O) groups is 2. The number of morpholine rings is 1. The summed E-state index contributed by atoms with van der Waals surface area (Å²) in [5.74, 6) is -0.00852. The molecule has 47 heavy (non-hydrogen) atoms. The molecule has 0 spiro atoms. The number of fused-ring (bicyclic) bond motifs is 5. The van der Waals surface area contributed by atoms with Crippen molar-refractivity contribution in [1.82, 2.24) is 4.90 Å². The zero-order valence-electron chi connectivity index (χ0n) is 28.5. The molecule has 0 saturated carbocycles. The number of nitrogens with zero attached hydrogens (tertiary/aromatic N) is 1. The Bertz CT molecular complexity index is 1550. The second-order valence-corrected chi connectivity index (χ2v) is 19.7. The largest absolute Gasteiger partial charge is 0.446 e. The first-order valence-electron chi connectivity index (χ1n) is 16.9. The molecule has 250 valence electrons. The third kappa shape index (κ3) is 7.80. The Kier molecular flexibility index (Phi) is 9.63. The summed E-state index contributed by atoms with van der Waals surface area (Å²) in [6.07, 6.45) is 3.53. The van der Waals surface area contributed by atoms with Crippen LogP contribution in [0.25, 0.3) is 11.1 Å². The van der Waals surface area contributed by atoms with E-state index in [1.807, 2.05) is 66.7 Å². The van der Waals surface area contributed by atoms with Crippen molar-refractivity contribution in [3.05, 3.63) is 83.9 Å². The van der Waals surface area contributed by atoms with Crippen LogP contribution in [0.3, 0.4) is 0 Å². The molecule has 6 rings (SSSR count). The minimum absolute atomic E-state index is 0.00852. The number of epoxide rings is 1. The van der Waals surface area contributed by atoms with E-state index < -0.39 is 14.4 Å². The number of amides is 2. The Labute approximate surface area is 280 Å². The van der Waals surface area contributed by atoms with E-state index in [2.05, 4.69) is 62.5 Å². The van der Waals surface area contributed by atoms with Crippen LogP contribution in [0, 0.1) is 0 Å². The predicted octanol–water partition coefficient (Wildman–Crippen LogP) is 8.00. The van der Waals surface area contributed by atoms with Gasteiger partial charge in [-0.05, 0) is 79.0 Å². The van der Waals surface area contributed by atoms with Gasteiger partial charge in [-0.3, -0.25) is 15.0 Å². The average Bonchev–Trinajstić information content (AvgIpc) is 3.80. The number of aryl methyl sites for hydroxylation is 1. The second kappa shape index (κ2) is 13.5. The van der Waals surface area contributed by atoms with E-state index in [4.69, 9.17) is 13.9 Å². The lowest BCUT2D eigenvalue weighted by Gasteiger charge is -2.37. The van der Waals surface area contributed by atoms with Gasteiger partial charge in [0.1, 0.15) is 18.3 Å². The normalized spacial score (nSPS) is 23.6. The Balaban J connectivity index is 1.01. The van der Waals surface area contributed by atoms with Gasteiger partial charge < -0.3 is 19.2 Å². The van der Waals surface area contributed by atoms with Crippen LogP contribution in [0.5, 0.6) is 0 Å². The van der Waals surface area contributed by atoms with E-state index in [9.17, 15) is 9.59 Å². The van der Waals surface area contributed by atoms with E-state index in [0.29, 0.717) is 49.4 Å².